The molecule has 0 aliphatic rings. The van der Waals surface area contributed by atoms with Crippen molar-refractivity contribution >= 4 is 0 Å². The van der Waals surface area contributed by atoms with E-state index in [1.807, 2.05) is 12.1 Å². The molecular weight excluding hydrogens is 222 g/mol. The molecule has 1 aromatic rings. The summed E-state index contributed by atoms with van der Waals surface area (Å²) in [6.07, 6.45) is 1.03. The Balaban J connectivity index is 2.66. The second-order valence-electron chi connectivity index (χ2n) is 5.90. The van der Waals surface area contributed by atoms with Gasteiger partial charge >= 0.3 is 0 Å². The molecule has 0 bridgehead atoms. The van der Waals surface area contributed by atoms with Gasteiger partial charge in [-0.05, 0) is 50.8 Å². The maximum Gasteiger partial charge on any atom is 0.115 e. The van der Waals surface area contributed by atoms with Gasteiger partial charge in [0.1, 0.15) is 5.75 Å². The Morgan fingerprint density at radius 3 is 2.00 bits per heavy atom. The minimum atomic E-state index is 0.342. The van der Waals surface area contributed by atoms with Crippen LogP contribution in [0.4, 0.5) is 0 Å². The molecule has 0 heterocycles. The molecule has 102 valence electrons. The lowest BCUT2D eigenvalue weighted by Crippen LogP contribution is -2.42. The average molecular weight is 249 g/mol. The lowest BCUT2D eigenvalue weighted by molar-refractivity contribution is 0.144. The lowest BCUT2D eigenvalue weighted by Gasteiger charge is -2.34. The van der Waals surface area contributed by atoms with E-state index in [1.165, 1.54) is 5.56 Å². The van der Waals surface area contributed by atoms with Crippen LogP contribution < -0.4 is 0 Å². The summed E-state index contributed by atoms with van der Waals surface area (Å²) < 4.78 is 0. The summed E-state index contributed by atoms with van der Waals surface area (Å²) in [5.41, 5.74) is 1.29. The minimum Gasteiger partial charge on any atom is -0.508 e. The van der Waals surface area contributed by atoms with Crippen molar-refractivity contribution in [1.29, 1.82) is 0 Å². The number of benzene rings is 1. The van der Waals surface area contributed by atoms with Crippen molar-refractivity contribution in [1.82, 2.24) is 4.90 Å². The van der Waals surface area contributed by atoms with Gasteiger partial charge in [-0.2, -0.15) is 0 Å². The van der Waals surface area contributed by atoms with Crippen LogP contribution in [0, 0.1) is 5.92 Å². The van der Waals surface area contributed by atoms with Gasteiger partial charge in [-0.15, -0.1) is 0 Å². The number of rotatable bonds is 6. The molecule has 18 heavy (non-hydrogen) atoms. The van der Waals surface area contributed by atoms with Gasteiger partial charge in [0.15, 0.2) is 0 Å². The molecule has 1 unspecified atom stereocenters. The van der Waals surface area contributed by atoms with Gasteiger partial charge in [-0.25, -0.2) is 0 Å². The minimum absolute atomic E-state index is 0.342. The zero-order valence-electron chi connectivity index (χ0n) is 12.4. The third-order valence-electron chi connectivity index (χ3n) is 3.27. The molecule has 0 amide bonds. The molecule has 0 aliphatic carbocycles. The average Bonchev–Trinajstić information content (AvgIpc) is 2.28. The largest absolute Gasteiger partial charge is 0.508 e. The van der Waals surface area contributed by atoms with E-state index in [1.54, 1.807) is 12.1 Å². The fourth-order valence-electron chi connectivity index (χ4n) is 2.41. The third-order valence-corrected chi connectivity index (χ3v) is 3.27. The van der Waals surface area contributed by atoms with Crippen LogP contribution in [-0.2, 0) is 6.42 Å². The fraction of sp³-hybridized carbons (Fsp3) is 0.625. The summed E-state index contributed by atoms with van der Waals surface area (Å²) in [4.78, 5) is 2.55. The normalized spacial score (nSPS) is 13.6. The van der Waals surface area contributed by atoms with E-state index in [9.17, 15) is 5.11 Å². The van der Waals surface area contributed by atoms with Crippen LogP contribution in [0.3, 0.4) is 0 Å². The molecule has 1 N–H and O–H groups in total. The fourth-order valence-corrected chi connectivity index (χ4v) is 2.41. The van der Waals surface area contributed by atoms with Crippen molar-refractivity contribution in [3.63, 3.8) is 0 Å². The van der Waals surface area contributed by atoms with E-state index < -0.39 is 0 Å². The third kappa shape index (κ3) is 4.69. The molecule has 1 aromatic carbocycles. The first-order valence-electron chi connectivity index (χ1n) is 6.93. The molecule has 0 aliphatic heterocycles. The summed E-state index contributed by atoms with van der Waals surface area (Å²) in [6, 6.07) is 8.66. The SMILES string of the molecule is CC(C)CN(C(C)C)C(C)Cc1ccc(O)cc1. The summed E-state index contributed by atoms with van der Waals surface area (Å²) in [5, 5.41) is 9.30. The molecule has 0 fully saturated rings. The highest BCUT2D eigenvalue weighted by Gasteiger charge is 2.18. The van der Waals surface area contributed by atoms with Gasteiger partial charge in [0.25, 0.3) is 0 Å². The summed E-state index contributed by atoms with van der Waals surface area (Å²) in [5.74, 6) is 1.03. The monoisotopic (exact) mass is 249 g/mol. The quantitative estimate of drug-likeness (QED) is 0.831. The van der Waals surface area contributed by atoms with Gasteiger partial charge in [0, 0.05) is 18.6 Å². The first kappa shape index (κ1) is 15.0. The van der Waals surface area contributed by atoms with Crippen LogP contribution >= 0.6 is 0 Å². The molecular formula is C16H27NO. The highest BCUT2D eigenvalue weighted by molar-refractivity contribution is 5.26. The molecule has 2 nitrogen and oxygen atoms in total. The van der Waals surface area contributed by atoms with Crippen LogP contribution in [0.2, 0.25) is 0 Å². The number of phenolic OH excluding ortho intramolecular Hbond substituents is 1. The predicted molar refractivity (Wildman–Crippen MR) is 78.0 cm³/mol. The predicted octanol–water partition coefficient (Wildman–Crippen LogP) is 3.69. The van der Waals surface area contributed by atoms with E-state index in [-0.39, 0.29) is 0 Å². The Morgan fingerprint density at radius 1 is 1.00 bits per heavy atom. The smallest absolute Gasteiger partial charge is 0.115 e. The summed E-state index contributed by atoms with van der Waals surface area (Å²) in [7, 11) is 0. The Morgan fingerprint density at radius 2 is 1.56 bits per heavy atom. The molecule has 2 heteroatoms. The first-order valence-corrected chi connectivity index (χ1v) is 6.93. The second-order valence-corrected chi connectivity index (χ2v) is 5.90. The number of phenols is 1. The van der Waals surface area contributed by atoms with Crippen LogP contribution in [0.1, 0.15) is 40.2 Å². The molecule has 0 saturated carbocycles. The van der Waals surface area contributed by atoms with Crippen molar-refractivity contribution < 1.29 is 5.11 Å². The highest BCUT2D eigenvalue weighted by atomic mass is 16.3. The van der Waals surface area contributed by atoms with E-state index in [4.69, 9.17) is 0 Å². The maximum atomic E-state index is 9.30. The van der Waals surface area contributed by atoms with Crippen molar-refractivity contribution in [2.24, 2.45) is 5.92 Å². The molecule has 0 spiro atoms. The van der Waals surface area contributed by atoms with E-state index in [0.29, 0.717) is 23.8 Å². The van der Waals surface area contributed by atoms with Crippen LogP contribution in [0.25, 0.3) is 0 Å². The van der Waals surface area contributed by atoms with Gasteiger partial charge in [0.2, 0.25) is 0 Å². The topological polar surface area (TPSA) is 23.5 Å². The number of aromatic hydroxyl groups is 1. The zero-order chi connectivity index (χ0) is 13.7. The zero-order valence-corrected chi connectivity index (χ0v) is 12.4. The van der Waals surface area contributed by atoms with Gasteiger partial charge < -0.3 is 5.11 Å². The van der Waals surface area contributed by atoms with E-state index in [2.05, 4.69) is 39.5 Å². The van der Waals surface area contributed by atoms with E-state index >= 15 is 0 Å². The van der Waals surface area contributed by atoms with Gasteiger partial charge in [-0.1, -0.05) is 26.0 Å². The number of hydrogen-bond donors (Lipinski definition) is 1. The van der Waals surface area contributed by atoms with Crippen LogP contribution in [0.15, 0.2) is 24.3 Å². The van der Waals surface area contributed by atoms with Crippen LogP contribution in [-0.4, -0.2) is 28.6 Å². The van der Waals surface area contributed by atoms with Crippen molar-refractivity contribution in [3.05, 3.63) is 29.8 Å². The second kappa shape index (κ2) is 6.79. The molecule has 0 aromatic heterocycles. The summed E-state index contributed by atoms with van der Waals surface area (Å²) in [6.45, 7) is 12.5. The molecule has 0 radical (unpaired) electrons. The lowest BCUT2D eigenvalue weighted by atomic mass is 10.0. The Kier molecular flexibility index (Phi) is 5.67. The number of hydrogen-bond acceptors (Lipinski definition) is 2. The van der Waals surface area contributed by atoms with Gasteiger partial charge in [-0.3, -0.25) is 4.90 Å². The van der Waals surface area contributed by atoms with E-state index in [0.717, 1.165) is 13.0 Å². The Hall–Kier alpha value is -1.02. The standard InChI is InChI=1S/C16H27NO/c1-12(2)11-17(13(3)4)14(5)10-15-6-8-16(18)9-7-15/h6-9,12-14,18H,10-11H2,1-5H3. The number of nitrogens with zero attached hydrogens (tertiary/aromatic N) is 1. The van der Waals surface area contributed by atoms with Crippen molar-refractivity contribution in [2.45, 2.75) is 53.1 Å². The maximum absolute atomic E-state index is 9.30. The molecule has 1 rings (SSSR count). The first-order chi connectivity index (χ1) is 8.40. The van der Waals surface area contributed by atoms with Crippen LogP contribution in [0.5, 0.6) is 5.75 Å². The van der Waals surface area contributed by atoms with Gasteiger partial charge in [0.05, 0.1) is 0 Å². The Labute approximate surface area is 112 Å². The Bertz CT molecular complexity index is 343. The summed E-state index contributed by atoms with van der Waals surface area (Å²) >= 11 is 0. The van der Waals surface area contributed by atoms with Crippen molar-refractivity contribution in [3.8, 4) is 5.75 Å². The molecule has 1 atom stereocenters. The highest BCUT2D eigenvalue weighted by Crippen LogP contribution is 2.16. The van der Waals surface area contributed by atoms with Crippen molar-refractivity contribution in [2.75, 3.05) is 6.54 Å². The molecule has 0 saturated heterocycles.